The summed E-state index contributed by atoms with van der Waals surface area (Å²) in [5.74, 6) is 2.28. The van der Waals surface area contributed by atoms with Crippen LogP contribution in [0.5, 0.6) is 11.5 Å². The molecule has 0 fully saturated rings. The Morgan fingerprint density at radius 3 is 2.70 bits per heavy atom. The van der Waals surface area contributed by atoms with Gasteiger partial charge in [0.1, 0.15) is 0 Å². The zero-order valence-electron chi connectivity index (χ0n) is 14.8. The summed E-state index contributed by atoms with van der Waals surface area (Å²) in [6.07, 6.45) is 1.55. The van der Waals surface area contributed by atoms with Crippen molar-refractivity contribution < 1.29 is 9.47 Å². The van der Waals surface area contributed by atoms with Crippen LogP contribution in [0.25, 0.3) is 0 Å². The molecule has 0 aliphatic carbocycles. The summed E-state index contributed by atoms with van der Waals surface area (Å²) < 4.78 is 10.9. The van der Waals surface area contributed by atoms with Crippen molar-refractivity contribution in [1.29, 1.82) is 5.26 Å². The van der Waals surface area contributed by atoms with Gasteiger partial charge in [-0.1, -0.05) is 33.8 Å². The van der Waals surface area contributed by atoms with Crippen molar-refractivity contribution in [3.63, 3.8) is 0 Å². The maximum Gasteiger partial charge on any atom is 0.231 e. The van der Waals surface area contributed by atoms with Crippen molar-refractivity contribution >= 4 is 0 Å². The lowest BCUT2D eigenvalue weighted by Gasteiger charge is -2.33. The molecule has 0 bridgehead atoms. The van der Waals surface area contributed by atoms with Crippen LogP contribution in [0.15, 0.2) is 18.2 Å². The maximum atomic E-state index is 8.84. The molecule has 4 nitrogen and oxygen atoms in total. The van der Waals surface area contributed by atoms with Crippen LogP contribution in [0.4, 0.5) is 0 Å². The normalized spacial score (nSPS) is 13.6. The van der Waals surface area contributed by atoms with Gasteiger partial charge >= 0.3 is 0 Å². The maximum absolute atomic E-state index is 8.84. The fourth-order valence-corrected chi connectivity index (χ4v) is 3.08. The van der Waals surface area contributed by atoms with E-state index in [0.29, 0.717) is 19.1 Å². The van der Waals surface area contributed by atoms with Gasteiger partial charge in [0.2, 0.25) is 6.79 Å². The van der Waals surface area contributed by atoms with E-state index in [4.69, 9.17) is 14.7 Å². The Hall–Kier alpha value is -1.73. The highest BCUT2D eigenvalue weighted by Crippen LogP contribution is 2.33. The van der Waals surface area contributed by atoms with Crippen molar-refractivity contribution in [2.75, 3.05) is 19.9 Å². The van der Waals surface area contributed by atoms with E-state index < -0.39 is 0 Å². The van der Waals surface area contributed by atoms with Crippen molar-refractivity contribution in [3.8, 4) is 17.6 Å². The minimum absolute atomic E-state index is 0.140. The molecule has 4 heteroatoms. The minimum Gasteiger partial charge on any atom is -0.454 e. The summed E-state index contributed by atoms with van der Waals surface area (Å²) in [6.45, 7) is 12.2. The first-order chi connectivity index (χ1) is 10.9. The molecule has 0 amide bonds. The van der Waals surface area contributed by atoms with Crippen LogP contribution in [0.1, 0.15) is 46.1 Å². The first kappa shape index (κ1) is 17.6. The lowest BCUT2D eigenvalue weighted by molar-refractivity contribution is 0.148. The standard InChI is InChI=1S/C19H28N2O2/c1-15(2)11-21(13-19(3,4)8-5-9-20)12-16-6-7-17-18(10-16)23-14-22-17/h6-7,10,15H,5,8,11-14H2,1-4H3. The number of rotatable bonds is 8. The van der Waals surface area contributed by atoms with E-state index in [1.165, 1.54) is 5.56 Å². The van der Waals surface area contributed by atoms with Gasteiger partial charge in [0.15, 0.2) is 11.5 Å². The van der Waals surface area contributed by atoms with Crippen molar-refractivity contribution in [3.05, 3.63) is 23.8 Å². The highest BCUT2D eigenvalue weighted by molar-refractivity contribution is 5.44. The number of ether oxygens (including phenoxy) is 2. The lowest BCUT2D eigenvalue weighted by Crippen LogP contribution is -2.36. The molecule has 126 valence electrons. The summed E-state index contributed by atoms with van der Waals surface area (Å²) in [5, 5.41) is 8.84. The van der Waals surface area contributed by atoms with Crippen molar-refractivity contribution in [2.24, 2.45) is 11.3 Å². The van der Waals surface area contributed by atoms with E-state index in [0.717, 1.165) is 37.6 Å². The van der Waals surface area contributed by atoms with Crippen molar-refractivity contribution in [2.45, 2.75) is 47.1 Å². The average Bonchev–Trinajstić information content (AvgIpc) is 2.91. The molecule has 0 N–H and O–H groups in total. The van der Waals surface area contributed by atoms with Crippen LogP contribution in [-0.4, -0.2) is 24.8 Å². The summed E-state index contributed by atoms with van der Waals surface area (Å²) in [6, 6.07) is 8.45. The van der Waals surface area contributed by atoms with Crippen molar-refractivity contribution in [1.82, 2.24) is 4.90 Å². The molecule has 1 aliphatic rings. The van der Waals surface area contributed by atoms with E-state index >= 15 is 0 Å². The van der Waals surface area contributed by atoms with Gasteiger partial charge in [-0.05, 0) is 35.4 Å². The molecule has 1 aromatic carbocycles. The van der Waals surface area contributed by atoms with E-state index in [-0.39, 0.29) is 5.41 Å². The monoisotopic (exact) mass is 316 g/mol. The molecule has 0 radical (unpaired) electrons. The third-order valence-corrected chi connectivity index (χ3v) is 4.03. The van der Waals surface area contributed by atoms with E-state index in [2.05, 4.69) is 50.8 Å². The molecule has 1 aliphatic heterocycles. The molecule has 0 unspecified atom stereocenters. The Morgan fingerprint density at radius 1 is 1.26 bits per heavy atom. The second kappa shape index (κ2) is 7.70. The number of benzene rings is 1. The number of nitrogens with zero attached hydrogens (tertiary/aromatic N) is 2. The largest absolute Gasteiger partial charge is 0.454 e. The Labute approximate surface area is 140 Å². The summed E-state index contributed by atoms with van der Waals surface area (Å²) in [7, 11) is 0. The van der Waals surface area contributed by atoms with Gasteiger partial charge < -0.3 is 9.47 Å². The molecule has 2 rings (SSSR count). The highest BCUT2D eigenvalue weighted by Gasteiger charge is 2.23. The molecular weight excluding hydrogens is 288 g/mol. The first-order valence-corrected chi connectivity index (χ1v) is 8.37. The van der Waals surface area contributed by atoms with Crippen LogP contribution in [-0.2, 0) is 6.54 Å². The zero-order chi connectivity index (χ0) is 16.9. The molecule has 0 atom stereocenters. The molecule has 1 heterocycles. The molecule has 0 saturated carbocycles. The average molecular weight is 316 g/mol. The molecule has 23 heavy (non-hydrogen) atoms. The van der Waals surface area contributed by atoms with Gasteiger partial charge in [0, 0.05) is 26.1 Å². The van der Waals surface area contributed by atoms with Gasteiger partial charge in [0.25, 0.3) is 0 Å². The third kappa shape index (κ3) is 5.44. The Balaban J connectivity index is 2.05. The second-order valence-electron chi connectivity index (χ2n) is 7.57. The third-order valence-electron chi connectivity index (χ3n) is 4.03. The second-order valence-corrected chi connectivity index (χ2v) is 7.57. The summed E-state index contributed by atoms with van der Waals surface area (Å²) in [4.78, 5) is 2.49. The van der Waals surface area contributed by atoms with Gasteiger partial charge in [-0.3, -0.25) is 4.90 Å². The number of hydrogen-bond donors (Lipinski definition) is 0. The van der Waals surface area contributed by atoms with Gasteiger partial charge in [-0.15, -0.1) is 0 Å². The van der Waals surface area contributed by atoms with Gasteiger partial charge in [-0.25, -0.2) is 0 Å². The van der Waals surface area contributed by atoms with E-state index in [1.54, 1.807) is 0 Å². The molecular formula is C19H28N2O2. The fraction of sp³-hybridized carbons (Fsp3) is 0.632. The fourth-order valence-electron chi connectivity index (χ4n) is 3.08. The number of nitriles is 1. The summed E-state index contributed by atoms with van der Waals surface area (Å²) >= 11 is 0. The molecule has 0 saturated heterocycles. The Kier molecular flexibility index (Phi) is 5.90. The van der Waals surface area contributed by atoms with Gasteiger partial charge in [0.05, 0.1) is 6.07 Å². The number of hydrogen-bond acceptors (Lipinski definition) is 4. The molecule has 0 aromatic heterocycles. The highest BCUT2D eigenvalue weighted by atomic mass is 16.7. The minimum atomic E-state index is 0.140. The van der Waals surface area contributed by atoms with E-state index in [1.807, 2.05) is 6.07 Å². The first-order valence-electron chi connectivity index (χ1n) is 8.37. The SMILES string of the molecule is CC(C)CN(Cc1ccc2c(c1)OCO2)CC(C)(C)CCC#N. The van der Waals surface area contributed by atoms with Gasteiger partial charge in [-0.2, -0.15) is 5.26 Å². The van der Waals surface area contributed by atoms with Crippen LogP contribution in [0, 0.1) is 22.7 Å². The zero-order valence-corrected chi connectivity index (χ0v) is 14.8. The summed E-state index contributed by atoms with van der Waals surface area (Å²) in [5.41, 5.74) is 1.38. The Bertz CT molecular complexity index is 561. The van der Waals surface area contributed by atoms with E-state index in [9.17, 15) is 0 Å². The quantitative estimate of drug-likeness (QED) is 0.721. The molecule has 0 spiro atoms. The predicted octanol–water partition coefficient (Wildman–Crippen LogP) is 4.20. The van der Waals surface area contributed by atoms with Crippen LogP contribution < -0.4 is 9.47 Å². The lowest BCUT2D eigenvalue weighted by atomic mass is 9.87. The smallest absolute Gasteiger partial charge is 0.231 e. The van der Waals surface area contributed by atoms with Crippen LogP contribution >= 0.6 is 0 Å². The number of fused-ring (bicyclic) bond motifs is 1. The predicted molar refractivity (Wildman–Crippen MR) is 91.3 cm³/mol. The topological polar surface area (TPSA) is 45.5 Å². The molecule has 1 aromatic rings. The Morgan fingerprint density at radius 2 is 2.00 bits per heavy atom. The van der Waals surface area contributed by atoms with Crippen LogP contribution in [0.2, 0.25) is 0 Å². The van der Waals surface area contributed by atoms with Crippen LogP contribution in [0.3, 0.4) is 0 Å².